The maximum Gasteiger partial charge on any atom is 0.356 e. The summed E-state index contributed by atoms with van der Waals surface area (Å²) in [5.41, 5.74) is 1.04. The molecular weight excluding hydrogens is 482 g/mol. The number of carbonyl (C=O) groups is 1. The van der Waals surface area contributed by atoms with Crippen LogP contribution >= 0.6 is 11.6 Å². The third-order valence-electron chi connectivity index (χ3n) is 7.57. The average molecular weight is 508 g/mol. The van der Waals surface area contributed by atoms with Gasteiger partial charge in [0.25, 0.3) is 5.56 Å². The van der Waals surface area contributed by atoms with Crippen LogP contribution in [0, 0.1) is 18.3 Å². The minimum Gasteiger partial charge on any atom is -0.476 e. The number of pyridine rings is 1. The van der Waals surface area contributed by atoms with Crippen molar-refractivity contribution < 1.29 is 14.6 Å². The summed E-state index contributed by atoms with van der Waals surface area (Å²) in [5, 5.41) is 23.0. The van der Waals surface area contributed by atoms with Gasteiger partial charge in [0.2, 0.25) is 0 Å². The number of rotatable bonds is 5. The number of nitriles is 1. The first kappa shape index (κ1) is 24.2. The van der Waals surface area contributed by atoms with E-state index in [4.69, 9.17) is 21.3 Å². The number of carboxylic acid groups (broad SMARTS) is 1. The quantitative estimate of drug-likeness (QED) is 0.490. The molecule has 1 aliphatic carbocycles. The number of halogens is 1. The molecule has 3 aliphatic rings. The lowest BCUT2D eigenvalue weighted by Crippen LogP contribution is -2.54. The molecule has 10 heteroatoms. The van der Waals surface area contributed by atoms with Gasteiger partial charge in [-0.05, 0) is 63.3 Å². The fourth-order valence-electron chi connectivity index (χ4n) is 5.51. The van der Waals surface area contributed by atoms with Crippen molar-refractivity contribution in [1.82, 2.24) is 14.5 Å². The highest BCUT2D eigenvalue weighted by molar-refractivity contribution is 6.29. The molecule has 4 heterocycles. The monoisotopic (exact) mass is 507 g/mol. The first-order valence-electron chi connectivity index (χ1n) is 11.8. The number of carboxylic acids is 1. The summed E-state index contributed by atoms with van der Waals surface area (Å²) in [7, 11) is 1.74. The number of aromatic carboxylic acids is 1. The van der Waals surface area contributed by atoms with Crippen molar-refractivity contribution in [1.29, 1.82) is 5.26 Å². The van der Waals surface area contributed by atoms with Gasteiger partial charge >= 0.3 is 5.97 Å². The molecule has 9 nitrogen and oxygen atoms in total. The fourth-order valence-corrected chi connectivity index (χ4v) is 5.66. The summed E-state index contributed by atoms with van der Waals surface area (Å²) in [6.45, 7) is 4.14. The van der Waals surface area contributed by atoms with Gasteiger partial charge in [-0.15, -0.1) is 0 Å². The second-order valence-corrected chi connectivity index (χ2v) is 10.3. The molecule has 3 fully saturated rings. The van der Waals surface area contributed by atoms with Gasteiger partial charge in [0.1, 0.15) is 11.0 Å². The summed E-state index contributed by atoms with van der Waals surface area (Å²) in [5.74, 6) is -0.541. The standard InChI is InChI=1S/C26H26ClN5O4/c1-14-10-16(15(2)29-18-4-5-19(27)30-21(18)23(34)35)20-17(11-14)22(33)32(3)24(31-20)25-6-8-26(12-28,9-7-25)36-13-25/h4-5,10-11,15,29H,6-9,13H2,1-3H3,(H,34,35)/t15-,25?,26?/m1/s1. The molecule has 1 atom stereocenters. The van der Waals surface area contributed by atoms with E-state index >= 15 is 0 Å². The van der Waals surface area contributed by atoms with Gasteiger partial charge in [-0.25, -0.2) is 14.8 Å². The third kappa shape index (κ3) is 3.81. The van der Waals surface area contributed by atoms with Gasteiger partial charge in [0.05, 0.1) is 40.7 Å². The molecule has 2 aliphatic heterocycles. The molecule has 6 rings (SSSR count). The SMILES string of the molecule is Cc1cc([C@@H](C)Nc2ccc(Cl)nc2C(=O)O)c2nc(C34CCC(C#N)(CC3)OC4)n(C)c(=O)c2c1. The van der Waals surface area contributed by atoms with Crippen molar-refractivity contribution >= 4 is 34.2 Å². The molecule has 2 saturated heterocycles. The van der Waals surface area contributed by atoms with Crippen LogP contribution in [0.5, 0.6) is 0 Å². The average Bonchev–Trinajstić information content (AvgIpc) is 2.88. The zero-order valence-corrected chi connectivity index (χ0v) is 21.0. The molecule has 0 spiro atoms. The molecule has 36 heavy (non-hydrogen) atoms. The summed E-state index contributed by atoms with van der Waals surface area (Å²) in [6.07, 6.45) is 2.66. The van der Waals surface area contributed by atoms with Gasteiger partial charge in [-0.1, -0.05) is 17.7 Å². The van der Waals surface area contributed by atoms with E-state index in [0.29, 0.717) is 41.9 Å². The van der Waals surface area contributed by atoms with Crippen molar-refractivity contribution in [2.45, 2.75) is 56.6 Å². The maximum absolute atomic E-state index is 13.6. The molecule has 1 aromatic carbocycles. The van der Waals surface area contributed by atoms with Crippen LogP contribution in [0.4, 0.5) is 5.69 Å². The lowest BCUT2D eigenvalue weighted by molar-refractivity contribution is -0.126. The predicted molar refractivity (Wildman–Crippen MR) is 134 cm³/mol. The van der Waals surface area contributed by atoms with Crippen LogP contribution in [-0.4, -0.2) is 37.8 Å². The topological polar surface area (TPSA) is 130 Å². The van der Waals surface area contributed by atoms with E-state index in [1.807, 2.05) is 26.0 Å². The first-order valence-corrected chi connectivity index (χ1v) is 12.2. The largest absolute Gasteiger partial charge is 0.476 e. The van der Waals surface area contributed by atoms with Gasteiger partial charge in [-0.3, -0.25) is 9.36 Å². The van der Waals surface area contributed by atoms with Crippen LogP contribution in [-0.2, 0) is 17.2 Å². The van der Waals surface area contributed by atoms with E-state index in [-0.39, 0.29) is 16.4 Å². The Bertz CT molecular complexity index is 1480. The van der Waals surface area contributed by atoms with E-state index in [9.17, 15) is 20.0 Å². The minimum atomic E-state index is -1.20. The molecule has 2 N–H and O–H groups in total. The number of ether oxygens (including phenoxy) is 1. The summed E-state index contributed by atoms with van der Waals surface area (Å²) < 4.78 is 7.61. The number of anilines is 1. The van der Waals surface area contributed by atoms with Crippen LogP contribution in [0.25, 0.3) is 10.9 Å². The fraction of sp³-hybridized carbons (Fsp3) is 0.423. The van der Waals surface area contributed by atoms with Crippen molar-refractivity contribution in [3.8, 4) is 6.07 Å². The Balaban J connectivity index is 1.62. The number of hydrogen-bond acceptors (Lipinski definition) is 7. The first-order chi connectivity index (χ1) is 17.1. The van der Waals surface area contributed by atoms with Crippen LogP contribution < -0.4 is 10.9 Å². The van der Waals surface area contributed by atoms with Crippen molar-refractivity contribution in [3.63, 3.8) is 0 Å². The van der Waals surface area contributed by atoms with E-state index in [1.165, 1.54) is 6.07 Å². The molecule has 186 valence electrons. The molecule has 1 saturated carbocycles. The van der Waals surface area contributed by atoms with Gasteiger partial charge in [0.15, 0.2) is 11.3 Å². The zero-order valence-electron chi connectivity index (χ0n) is 20.3. The number of nitrogens with one attached hydrogen (secondary N) is 1. The number of fused-ring (bicyclic) bond motifs is 4. The number of hydrogen-bond donors (Lipinski definition) is 2. The Morgan fingerprint density at radius 1 is 1.28 bits per heavy atom. The second-order valence-electron chi connectivity index (χ2n) is 9.93. The minimum absolute atomic E-state index is 0.0864. The lowest BCUT2D eigenvalue weighted by atomic mass is 9.66. The molecular formula is C26H26ClN5O4. The highest BCUT2D eigenvalue weighted by atomic mass is 35.5. The number of nitrogens with zero attached hydrogens (tertiary/aromatic N) is 4. The van der Waals surface area contributed by atoms with Gasteiger partial charge in [-0.2, -0.15) is 5.26 Å². The Hall–Kier alpha value is -3.48. The Labute approximate surface area is 212 Å². The van der Waals surface area contributed by atoms with E-state index in [0.717, 1.165) is 24.0 Å². The normalized spacial score (nSPS) is 23.9. The number of aryl methyl sites for hydroxylation is 1. The van der Waals surface area contributed by atoms with Crippen molar-refractivity contribution in [2.75, 3.05) is 11.9 Å². The Morgan fingerprint density at radius 3 is 2.61 bits per heavy atom. The zero-order chi connectivity index (χ0) is 25.8. The van der Waals surface area contributed by atoms with E-state index < -0.39 is 23.0 Å². The van der Waals surface area contributed by atoms with Crippen LogP contribution in [0.15, 0.2) is 29.1 Å². The smallest absolute Gasteiger partial charge is 0.356 e. The predicted octanol–water partition coefficient (Wildman–Crippen LogP) is 4.27. The van der Waals surface area contributed by atoms with Crippen LogP contribution in [0.1, 0.15) is 66.1 Å². The Morgan fingerprint density at radius 2 is 2.00 bits per heavy atom. The summed E-state index contributed by atoms with van der Waals surface area (Å²) in [6, 6.07) is 8.82. The molecule has 2 aromatic heterocycles. The highest BCUT2D eigenvalue weighted by Gasteiger charge is 2.52. The molecule has 2 bridgehead atoms. The molecule has 3 aromatic rings. The lowest BCUT2D eigenvalue weighted by Gasteiger charge is -2.49. The van der Waals surface area contributed by atoms with Crippen molar-refractivity contribution in [3.05, 3.63) is 62.4 Å². The molecule has 0 radical (unpaired) electrons. The third-order valence-corrected chi connectivity index (χ3v) is 7.78. The van der Waals surface area contributed by atoms with Crippen LogP contribution in [0.2, 0.25) is 5.15 Å². The molecule has 0 unspecified atom stereocenters. The summed E-state index contributed by atoms with van der Waals surface area (Å²) in [4.78, 5) is 34.3. The number of aromatic nitrogens is 3. The second kappa shape index (κ2) is 8.57. The Kier molecular flexibility index (Phi) is 5.77. The number of benzene rings is 1. The van der Waals surface area contributed by atoms with E-state index in [1.54, 1.807) is 17.7 Å². The van der Waals surface area contributed by atoms with Gasteiger partial charge < -0.3 is 15.2 Å². The summed E-state index contributed by atoms with van der Waals surface area (Å²) >= 11 is 5.91. The molecule has 0 amide bonds. The van der Waals surface area contributed by atoms with Crippen molar-refractivity contribution in [2.24, 2.45) is 7.05 Å². The van der Waals surface area contributed by atoms with E-state index in [2.05, 4.69) is 16.4 Å². The maximum atomic E-state index is 13.6. The highest BCUT2D eigenvalue weighted by Crippen LogP contribution is 2.49. The van der Waals surface area contributed by atoms with Gasteiger partial charge in [0, 0.05) is 12.6 Å². The van der Waals surface area contributed by atoms with Crippen LogP contribution in [0.3, 0.4) is 0 Å².